The molecule has 0 unspecified atom stereocenters. The first kappa shape index (κ1) is 22.0. The second kappa shape index (κ2) is 8.97. The summed E-state index contributed by atoms with van der Waals surface area (Å²) in [6.45, 7) is 3.82. The lowest BCUT2D eigenvalue weighted by molar-refractivity contribution is -0.145. The number of thiol groups is 1. The van der Waals surface area contributed by atoms with E-state index in [-0.39, 0.29) is 19.6 Å². The third-order valence-corrected chi connectivity index (χ3v) is 5.49. The number of methoxy groups -OCH3 is 2. The monoisotopic (exact) mass is 431 g/mol. The third kappa shape index (κ3) is 4.11. The van der Waals surface area contributed by atoms with E-state index < -0.39 is 23.7 Å². The lowest BCUT2D eigenvalue weighted by Crippen LogP contribution is -2.42. The molecule has 2 aromatic carbocycles. The Hall–Kier alpha value is -2.71. The van der Waals surface area contributed by atoms with Crippen molar-refractivity contribution in [1.29, 1.82) is 0 Å². The summed E-state index contributed by atoms with van der Waals surface area (Å²) in [7, 11) is 2.84. The zero-order valence-electron chi connectivity index (χ0n) is 17.0. The fraction of sp³-hybridized carbons (Fsp3) is 0.364. The number of fused-ring (bicyclic) bond motifs is 1. The number of carbonyl (C=O) groups excluding carboxylic acids is 2. The maximum Gasteiger partial charge on any atom is 0.410 e. The molecule has 2 aromatic rings. The SMILES string of the molecule is C=Cc1cc2cc([C@]3(O)C[C@@H](C(=O)OC)N(C(=O)OCCS)C3)ccc2cc1OC. The predicted octanol–water partition coefficient (Wildman–Crippen LogP) is 2.99. The molecule has 3 rings (SSSR count). The van der Waals surface area contributed by atoms with Gasteiger partial charge in [0.05, 0.1) is 20.8 Å². The van der Waals surface area contributed by atoms with Crippen LogP contribution in [0, 0.1) is 0 Å². The molecule has 0 saturated carbocycles. The van der Waals surface area contributed by atoms with E-state index in [0.717, 1.165) is 16.3 Å². The molecule has 7 nitrogen and oxygen atoms in total. The molecular weight excluding hydrogens is 406 g/mol. The highest BCUT2D eigenvalue weighted by molar-refractivity contribution is 7.80. The van der Waals surface area contributed by atoms with Gasteiger partial charge in [-0.2, -0.15) is 12.6 Å². The molecule has 1 amide bonds. The highest BCUT2D eigenvalue weighted by Crippen LogP contribution is 2.38. The highest BCUT2D eigenvalue weighted by Gasteiger charge is 2.50. The van der Waals surface area contributed by atoms with Gasteiger partial charge < -0.3 is 19.3 Å². The fourth-order valence-corrected chi connectivity index (χ4v) is 3.86. The number of ether oxygens (including phenoxy) is 3. The highest BCUT2D eigenvalue weighted by atomic mass is 32.1. The number of carbonyl (C=O) groups is 2. The number of hydrogen-bond acceptors (Lipinski definition) is 7. The van der Waals surface area contributed by atoms with Crippen LogP contribution in [-0.4, -0.2) is 61.2 Å². The van der Waals surface area contributed by atoms with Crippen molar-refractivity contribution in [2.75, 3.05) is 33.1 Å². The van der Waals surface area contributed by atoms with Crippen LogP contribution in [0.25, 0.3) is 16.8 Å². The summed E-state index contributed by atoms with van der Waals surface area (Å²) in [5.74, 6) is 0.453. The Balaban J connectivity index is 1.98. The number of β-amino-alcohol motifs (C(OH)–C–C–N with tert-alkyl or cyclic N) is 1. The minimum Gasteiger partial charge on any atom is -0.496 e. The summed E-state index contributed by atoms with van der Waals surface area (Å²) in [4.78, 5) is 25.9. The summed E-state index contributed by atoms with van der Waals surface area (Å²) >= 11 is 4.02. The number of amides is 1. The lowest BCUT2D eigenvalue weighted by atomic mass is 9.89. The molecule has 1 saturated heterocycles. The van der Waals surface area contributed by atoms with Crippen molar-refractivity contribution in [1.82, 2.24) is 4.90 Å². The third-order valence-electron chi connectivity index (χ3n) is 5.31. The van der Waals surface area contributed by atoms with Crippen LogP contribution in [0.2, 0.25) is 0 Å². The van der Waals surface area contributed by atoms with Gasteiger partial charge in [0.15, 0.2) is 0 Å². The van der Waals surface area contributed by atoms with Crippen molar-refractivity contribution in [2.24, 2.45) is 0 Å². The molecule has 1 aliphatic rings. The first-order chi connectivity index (χ1) is 14.4. The fourth-order valence-electron chi connectivity index (χ4n) is 3.77. The minimum atomic E-state index is -1.43. The smallest absolute Gasteiger partial charge is 0.410 e. The van der Waals surface area contributed by atoms with Crippen molar-refractivity contribution in [3.63, 3.8) is 0 Å². The average Bonchev–Trinajstić information content (AvgIpc) is 3.14. The number of hydrogen-bond donors (Lipinski definition) is 2. The van der Waals surface area contributed by atoms with Crippen LogP contribution in [-0.2, 0) is 19.9 Å². The lowest BCUT2D eigenvalue weighted by Gasteiger charge is -2.24. The second-order valence-corrected chi connectivity index (χ2v) is 7.55. The molecule has 0 aliphatic carbocycles. The van der Waals surface area contributed by atoms with Gasteiger partial charge in [-0.3, -0.25) is 4.90 Å². The number of esters is 1. The van der Waals surface area contributed by atoms with E-state index in [9.17, 15) is 14.7 Å². The van der Waals surface area contributed by atoms with Gasteiger partial charge in [0, 0.05) is 17.7 Å². The average molecular weight is 432 g/mol. The van der Waals surface area contributed by atoms with Crippen LogP contribution in [0.5, 0.6) is 5.75 Å². The molecule has 0 aromatic heterocycles. The second-order valence-electron chi connectivity index (χ2n) is 7.10. The van der Waals surface area contributed by atoms with Crippen molar-refractivity contribution in [2.45, 2.75) is 18.1 Å². The Morgan fingerprint density at radius 1 is 1.30 bits per heavy atom. The van der Waals surface area contributed by atoms with Crippen molar-refractivity contribution in [3.8, 4) is 5.75 Å². The topological polar surface area (TPSA) is 85.3 Å². The molecule has 1 aliphatic heterocycles. The Morgan fingerprint density at radius 2 is 2.07 bits per heavy atom. The van der Waals surface area contributed by atoms with Crippen molar-refractivity contribution in [3.05, 3.63) is 48.0 Å². The Morgan fingerprint density at radius 3 is 2.70 bits per heavy atom. The predicted molar refractivity (Wildman–Crippen MR) is 117 cm³/mol. The summed E-state index contributed by atoms with van der Waals surface area (Å²) in [5, 5.41) is 13.2. The molecule has 2 atom stereocenters. The van der Waals surface area contributed by atoms with Gasteiger partial charge in [-0.1, -0.05) is 24.8 Å². The van der Waals surface area contributed by atoms with Crippen LogP contribution in [0.15, 0.2) is 36.9 Å². The number of rotatable bonds is 6. The van der Waals surface area contributed by atoms with Crippen LogP contribution in [0.1, 0.15) is 17.5 Å². The van der Waals surface area contributed by atoms with Gasteiger partial charge in [0.2, 0.25) is 0 Å². The van der Waals surface area contributed by atoms with Gasteiger partial charge in [-0.25, -0.2) is 9.59 Å². The zero-order chi connectivity index (χ0) is 21.9. The number of likely N-dealkylation sites (tertiary alicyclic amines) is 1. The van der Waals surface area contributed by atoms with Crippen LogP contribution in [0.3, 0.4) is 0 Å². The minimum absolute atomic E-state index is 0.00558. The number of aliphatic hydroxyl groups is 1. The molecule has 1 N–H and O–H groups in total. The van der Waals surface area contributed by atoms with E-state index >= 15 is 0 Å². The van der Waals surface area contributed by atoms with Crippen molar-refractivity contribution < 1.29 is 28.9 Å². The van der Waals surface area contributed by atoms with Gasteiger partial charge in [0.1, 0.15) is 24.0 Å². The van der Waals surface area contributed by atoms with E-state index in [2.05, 4.69) is 19.2 Å². The van der Waals surface area contributed by atoms with Gasteiger partial charge in [-0.15, -0.1) is 0 Å². The summed E-state index contributed by atoms with van der Waals surface area (Å²) in [6, 6.07) is 8.37. The van der Waals surface area contributed by atoms with E-state index in [4.69, 9.17) is 14.2 Å². The number of nitrogens with zero attached hydrogens (tertiary/aromatic N) is 1. The van der Waals surface area contributed by atoms with E-state index in [1.54, 1.807) is 19.3 Å². The number of benzene rings is 2. The van der Waals surface area contributed by atoms with Crippen LogP contribution >= 0.6 is 12.6 Å². The molecule has 0 bridgehead atoms. The molecule has 0 spiro atoms. The molecule has 160 valence electrons. The molecule has 8 heteroatoms. The molecular formula is C22H25NO6S. The van der Waals surface area contributed by atoms with E-state index in [1.165, 1.54) is 12.0 Å². The van der Waals surface area contributed by atoms with Crippen LogP contribution in [0.4, 0.5) is 4.79 Å². The van der Waals surface area contributed by atoms with E-state index in [1.807, 2.05) is 24.3 Å². The molecule has 1 fully saturated rings. The summed E-state index contributed by atoms with van der Waals surface area (Å²) in [5.41, 5.74) is -0.0140. The molecule has 0 radical (unpaired) electrons. The normalized spacial score (nSPS) is 20.8. The maximum absolute atomic E-state index is 12.4. The summed E-state index contributed by atoms with van der Waals surface area (Å²) in [6.07, 6.45) is 1.02. The quantitative estimate of drug-likeness (QED) is 0.540. The van der Waals surface area contributed by atoms with Crippen molar-refractivity contribution >= 4 is 41.5 Å². The molecule has 1 heterocycles. The largest absolute Gasteiger partial charge is 0.496 e. The Kier molecular flexibility index (Phi) is 6.58. The first-order valence-corrected chi connectivity index (χ1v) is 10.1. The maximum atomic E-state index is 12.4. The van der Waals surface area contributed by atoms with Crippen LogP contribution < -0.4 is 4.74 Å². The zero-order valence-corrected chi connectivity index (χ0v) is 17.9. The summed E-state index contributed by atoms with van der Waals surface area (Å²) < 4.78 is 15.3. The van der Waals surface area contributed by atoms with Gasteiger partial charge in [-0.05, 0) is 34.5 Å². The Labute approximate surface area is 180 Å². The van der Waals surface area contributed by atoms with Gasteiger partial charge in [0.25, 0.3) is 0 Å². The van der Waals surface area contributed by atoms with Gasteiger partial charge >= 0.3 is 12.1 Å². The molecule has 30 heavy (non-hydrogen) atoms. The van der Waals surface area contributed by atoms with E-state index in [0.29, 0.717) is 17.1 Å². The first-order valence-electron chi connectivity index (χ1n) is 9.46. The Bertz CT molecular complexity index is 977. The standard InChI is InChI=1S/C22H25NO6S/c1-4-14-9-16-10-17(6-5-15(16)11-19(14)27-2)22(26)12-18(20(24)28-3)23(13-22)21(25)29-7-8-30/h4-6,9-11,18,26,30H,1,7-8,12-13H2,2-3H3/t18-,22-/m0/s1.